The highest BCUT2D eigenvalue weighted by Gasteiger charge is 2.20. The Morgan fingerprint density at radius 3 is 1.60 bits per heavy atom. The Morgan fingerprint density at radius 2 is 0.845 bits per heavy atom. The van der Waals surface area contributed by atoms with Crippen molar-refractivity contribution in [1.82, 2.24) is 0 Å². The van der Waals surface area contributed by atoms with E-state index in [1.807, 2.05) is 22.7 Å². The van der Waals surface area contributed by atoms with Gasteiger partial charge in [0.15, 0.2) is 0 Å². The van der Waals surface area contributed by atoms with E-state index in [2.05, 4.69) is 194 Å². The van der Waals surface area contributed by atoms with Gasteiger partial charge in [-0.1, -0.05) is 164 Å². The van der Waals surface area contributed by atoms with Crippen LogP contribution in [0.25, 0.3) is 128 Å². The molecule has 11 aromatic carbocycles. The Morgan fingerprint density at radius 1 is 0.259 bits per heavy atom. The van der Waals surface area contributed by atoms with Crippen molar-refractivity contribution in [3.63, 3.8) is 0 Å². The average Bonchev–Trinajstić information content (AvgIpc) is 3.86. The Labute approximate surface area is 342 Å². The molecule has 58 heavy (non-hydrogen) atoms. The molecule has 0 radical (unpaired) electrons. The summed E-state index contributed by atoms with van der Waals surface area (Å²) in [4.78, 5) is 0. The molecule has 2 aromatic heterocycles. The molecule has 0 fully saturated rings. The SMILES string of the molecule is c1ccc2c(-c3c4ccccc4c(-c4ccc5cc(-c6cc7sc8c(ccc9sc%10ccccc%10c98)c7c7ccccc67)ccc5c4)c4ccccc34)cccc2c1. The molecule has 268 valence electrons. The van der Waals surface area contributed by atoms with E-state index in [9.17, 15) is 0 Å². The summed E-state index contributed by atoms with van der Waals surface area (Å²) >= 11 is 3.84. The molecule has 0 saturated heterocycles. The number of rotatable bonds is 3. The third-order valence-corrected chi connectivity index (χ3v) is 14.7. The highest BCUT2D eigenvalue weighted by molar-refractivity contribution is 7.30. The monoisotopic (exact) mass is 768 g/mol. The van der Waals surface area contributed by atoms with E-state index >= 15 is 0 Å². The summed E-state index contributed by atoms with van der Waals surface area (Å²) in [6, 6.07) is 72.5. The van der Waals surface area contributed by atoms with Crippen molar-refractivity contribution in [3.8, 4) is 33.4 Å². The first-order valence-electron chi connectivity index (χ1n) is 19.9. The van der Waals surface area contributed by atoms with Crippen molar-refractivity contribution in [2.75, 3.05) is 0 Å². The van der Waals surface area contributed by atoms with Crippen LogP contribution in [0.3, 0.4) is 0 Å². The maximum atomic E-state index is 2.45. The fourth-order valence-electron chi connectivity index (χ4n) is 9.89. The van der Waals surface area contributed by atoms with Crippen molar-refractivity contribution in [3.05, 3.63) is 194 Å². The van der Waals surface area contributed by atoms with Crippen LogP contribution >= 0.6 is 22.7 Å². The van der Waals surface area contributed by atoms with Crippen LogP contribution in [0.15, 0.2) is 194 Å². The zero-order chi connectivity index (χ0) is 37.9. The smallest absolute Gasteiger partial charge is 0.0448 e. The molecule has 13 aromatic rings. The number of thiophene rings is 2. The second kappa shape index (κ2) is 12.3. The van der Waals surface area contributed by atoms with Gasteiger partial charge >= 0.3 is 0 Å². The van der Waals surface area contributed by atoms with Crippen LogP contribution in [-0.4, -0.2) is 0 Å². The topological polar surface area (TPSA) is 0 Å². The van der Waals surface area contributed by atoms with Gasteiger partial charge in [0, 0.05) is 40.3 Å². The third-order valence-electron chi connectivity index (χ3n) is 12.4. The molecule has 0 unspecified atom stereocenters. The van der Waals surface area contributed by atoms with E-state index in [0.29, 0.717) is 0 Å². The molecular weight excluding hydrogens is 737 g/mol. The summed E-state index contributed by atoms with van der Waals surface area (Å²) in [6.45, 7) is 0. The lowest BCUT2D eigenvalue weighted by Gasteiger charge is -2.19. The maximum Gasteiger partial charge on any atom is 0.0448 e. The summed E-state index contributed by atoms with van der Waals surface area (Å²) in [5.41, 5.74) is 7.63. The van der Waals surface area contributed by atoms with E-state index in [4.69, 9.17) is 0 Å². The molecule has 0 bridgehead atoms. The molecule has 0 aliphatic rings. The van der Waals surface area contributed by atoms with Gasteiger partial charge in [-0.15, -0.1) is 22.7 Å². The first-order chi connectivity index (χ1) is 28.8. The average molecular weight is 769 g/mol. The van der Waals surface area contributed by atoms with E-state index in [1.165, 1.54) is 128 Å². The molecular formula is C56H32S2. The lowest BCUT2D eigenvalue weighted by molar-refractivity contribution is 1.68. The Bertz CT molecular complexity index is 3800. The van der Waals surface area contributed by atoms with Crippen molar-refractivity contribution in [2.45, 2.75) is 0 Å². The molecule has 2 heterocycles. The minimum atomic E-state index is 1.24. The summed E-state index contributed by atoms with van der Waals surface area (Å²) in [5.74, 6) is 0. The second-order valence-corrected chi connectivity index (χ2v) is 17.6. The largest absolute Gasteiger partial charge is 0.135 e. The summed E-state index contributed by atoms with van der Waals surface area (Å²) in [7, 11) is 0. The van der Waals surface area contributed by atoms with Gasteiger partial charge in [-0.2, -0.15) is 0 Å². The van der Waals surface area contributed by atoms with Crippen LogP contribution < -0.4 is 0 Å². The first kappa shape index (κ1) is 32.3. The number of fused-ring (bicyclic) bond motifs is 13. The van der Waals surface area contributed by atoms with E-state index < -0.39 is 0 Å². The number of hydrogen-bond donors (Lipinski definition) is 0. The van der Waals surface area contributed by atoms with Crippen LogP contribution in [0.4, 0.5) is 0 Å². The van der Waals surface area contributed by atoms with Gasteiger partial charge in [0.2, 0.25) is 0 Å². The molecule has 0 aliphatic heterocycles. The zero-order valence-electron chi connectivity index (χ0n) is 31.3. The zero-order valence-corrected chi connectivity index (χ0v) is 32.9. The Kier molecular flexibility index (Phi) is 6.86. The van der Waals surface area contributed by atoms with Gasteiger partial charge in [-0.05, 0) is 118 Å². The van der Waals surface area contributed by atoms with Gasteiger partial charge in [-0.25, -0.2) is 0 Å². The third kappa shape index (κ3) is 4.62. The van der Waals surface area contributed by atoms with Crippen LogP contribution in [0.1, 0.15) is 0 Å². The van der Waals surface area contributed by atoms with Crippen molar-refractivity contribution >= 4 is 117 Å². The van der Waals surface area contributed by atoms with Crippen molar-refractivity contribution in [2.24, 2.45) is 0 Å². The maximum absolute atomic E-state index is 2.45. The Hall–Kier alpha value is -6.84. The van der Waals surface area contributed by atoms with Crippen LogP contribution in [-0.2, 0) is 0 Å². The Balaban J connectivity index is 0.994. The fourth-order valence-corrected chi connectivity index (χ4v) is 12.4. The highest BCUT2D eigenvalue weighted by atomic mass is 32.1. The van der Waals surface area contributed by atoms with Crippen LogP contribution in [0, 0.1) is 0 Å². The predicted molar refractivity (Wildman–Crippen MR) is 256 cm³/mol. The number of hydrogen-bond acceptors (Lipinski definition) is 2. The molecule has 0 atom stereocenters. The van der Waals surface area contributed by atoms with E-state index in [-0.39, 0.29) is 0 Å². The van der Waals surface area contributed by atoms with Gasteiger partial charge in [0.05, 0.1) is 0 Å². The van der Waals surface area contributed by atoms with E-state index in [0.717, 1.165) is 0 Å². The molecule has 0 saturated carbocycles. The van der Waals surface area contributed by atoms with Gasteiger partial charge in [-0.3, -0.25) is 0 Å². The molecule has 0 aliphatic carbocycles. The standard InChI is InChI=1S/C56H32S2/c1-2-14-38-33(12-1)13-11-22-40(38)53-44-19-7-5-17-42(44)52(43-18-6-8-20-45(43)53)37-27-25-34-30-36(26-24-35(34)31-37)48-32-51-54(41-16-4-3-15-39(41)48)47-28-29-50-55(56(47)58-51)46-21-9-10-23-49(46)57-50/h1-32H. The van der Waals surface area contributed by atoms with Crippen LogP contribution in [0.2, 0.25) is 0 Å². The summed E-state index contributed by atoms with van der Waals surface area (Å²) in [6.07, 6.45) is 0. The van der Waals surface area contributed by atoms with E-state index in [1.54, 1.807) is 0 Å². The first-order valence-corrected chi connectivity index (χ1v) is 21.5. The highest BCUT2D eigenvalue weighted by Crippen LogP contribution is 2.49. The predicted octanol–water partition coefficient (Wildman–Crippen LogP) is 17.2. The minimum absolute atomic E-state index is 1.24. The second-order valence-electron chi connectivity index (χ2n) is 15.5. The lowest BCUT2D eigenvalue weighted by atomic mass is 9.84. The van der Waals surface area contributed by atoms with Crippen molar-refractivity contribution in [1.29, 1.82) is 0 Å². The molecule has 0 N–H and O–H groups in total. The molecule has 2 heteroatoms. The summed E-state index contributed by atoms with van der Waals surface area (Å²) < 4.78 is 5.45. The van der Waals surface area contributed by atoms with Gasteiger partial charge in [0.1, 0.15) is 0 Å². The molecule has 13 rings (SSSR count). The van der Waals surface area contributed by atoms with Gasteiger partial charge in [0.25, 0.3) is 0 Å². The fraction of sp³-hybridized carbons (Fsp3) is 0. The van der Waals surface area contributed by atoms with Crippen molar-refractivity contribution < 1.29 is 0 Å². The lowest BCUT2D eigenvalue weighted by Crippen LogP contribution is -1.91. The molecule has 0 spiro atoms. The number of benzene rings is 11. The molecule has 0 amide bonds. The molecule has 0 nitrogen and oxygen atoms in total. The summed E-state index contributed by atoms with van der Waals surface area (Å²) in [5, 5.41) is 18.2. The van der Waals surface area contributed by atoms with Gasteiger partial charge < -0.3 is 0 Å². The van der Waals surface area contributed by atoms with Crippen LogP contribution in [0.5, 0.6) is 0 Å². The minimum Gasteiger partial charge on any atom is -0.135 e. The quantitative estimate of drug-likeness (QED) is 0.157. The normalized spacial score (nSPS) is 12.1.